The highest BCUT2D eigenvalue weighted by molar-refractivity contribution is 7.98. The highest BCUT2D eigenvalue weighted by atomic mass is 32.2. The number of aromatic nitrogens is 1. The molecule has 2 aliphatic rings. The molecule has 0 spiro atoms. The third-order valence-corrected chi connectivity index (χ3v) is 9.60. The van der Waals surface area contributed by atoms with Crippen LogP contribution >= 0.6 is 23.1 Å². The largest absolute Gasteiger partial charge is 0.439 e. The summed E-state index contributed by atoms with van der Waals surface area (Å²) in [5, 5.41) is 1.32. The molecule has 1 aliphatic heterocycles. The van der Waals surface area contributed by atoms with Crippen LogP contribution in [0.4, 0.5) is 5.69 Å². The lowest BCUT2D eigenvalue weighted by molar-refractivity contribution is -0.665. The number of thiazole rings is 1. The summed E-state index contributed by atoms with van der Waals surface area (Å²) in [5.41, 5.74) is 7.78. The molecule has 5 heteroatoms. The van der Waals surface area contributed by atoms with Gasteiger partial charge in [0.2, 0.25) is 11.4 Å². The molecule has 0 atom stereocenters. The van der Waals surface area contributed by atoms with E-state index in [2.05, 4.69) is 128 Å². The van der Waals surface area contributed by atoms with Crippen molar-refractivity contribution in [2.75, 3.05) is 17.7 Å². The maximum Gasteiger partial charge on any atom is 0.263 e. The molecule has 0 N–H and O–H groups in total. The minimum absolute atomic E-state index is 0.176. The molecule has 40 heavy (non-hydrogen) atoms. The molecule has 0 amide bonds. The number of allylic oxidation sites excluding steroid dienone is 4. The number of nitrogens with zero attached hydrogens (tertiary/aromatic N) is 2. The first-order chi connectivity index (χ1) is 19.4. The van der Waals surface area contributed by atoms with Gasteiger partial charge in [-0.3, -0.25) is 0 Å². The number of anilines is 1. The molecular formula is C35H37N2OS2+. The van der Waals surface area contributed by atoms with Gasteiger partial charge in [-0.05, 0) is 84.9 Å². The number of benzene rings is 3. The molecule has 0 unspecified atom stereocenters. The Balaban J connectivity index is 1.35. The summed E-state index contributed by atoms with van der Waals surface area (Å²) in [6.07, 6.45) is 11.3. The predicted molar refractivity (Wildman–Crippen MR) is 172 cm³/mol. The van der Waals surface area contributed by atoms with Crippen LogP contribution in [0, 0.1) is 5.41 Å². The Kier molecular flexibility index (Phi) is 7.37. The summed E-state index contributed by atoms with van der Waals surface area (Å²) in [4.78, 5) is 3.61. The quantitative estimate of drug-likeness (QED) is 0.171. The highest BCUT2D eigenvalue weighted by Gasteiger charge is 2.30. The first-order valence-corrected chi connectivity index (χ1v) is 16.2. The summed E-state index contributed by atoms with van der Waals surface area (Å²) < 4.78 is 10.3. The van der Waals surface area contributed by atoms with Gasteiger partial charge in [0.15, 0.2) is 5.75 Å². The van der Waals surface area contributed by atoms with Crippen LogP contribution in [-0.4, -0.2) is 12.8 Å². The third-order valence-electron chi connectivity index (χ3n) is 7.76. The fraction of sp³-hybridized carbons (Fsp3) is 0.286. The summed E-state index contributed by atoms with van der Waals surface area (Å²) in [6.45, 7) is 11.0. The van der Waals surface area contributed by atoms with Crippen molar-refractivity contribution >= 4 is 45.1 Å². The van der Waals surface area contributed by atoms with Gasteiger partial charge >= 0.3 is 0 Å². The van der Waals surface area contributed by atoms with E-state index in [9.17, 15) is 0 Å². The summed E-state index contributed by atoms with van der Waals surface area (Å²) in [6, 6.07) is 23.9. The molecule has 204 valence electrons. The molecule has 3 nitrogen and oxygen atoms in total. The van der Waals surface area contributed by atoms with Gasteiger partial charge < -0.3 is 9.64 Å². The van der Waals surface area contributed by atoms with Crippen molar-refractivity contribution in [2.45, 2.75) is 52.0 Å². The van der Waals surface area contributed by atoms with Gasteiger partial charge in [-0.25, -0.2) is 0 Å². The van der Waals surface area contributed by atoms with E-state index >= 15 is 0 Å². The molecule has 3 aromatic carbocycles. The van der Waals surface area contributed by atoms with E-state index in [1.165, 1.54) is 42.4 Å². The number of hydrogen-bond donors (Lipinski definition) is 0. The molecule has 1 aromatic heterocycles. The summed E-state index contributed by atoms with van der Waals surface area (Å²) in [5.74, 6) is 1.85. The van der Waals surface area contributed by atoms with Crippen LogP contribution in [0.2, 0.25) is 0 Å². The Morgan fingerprint density at radius 3 is 2.55 bits per heavy atom. The normalized spacial score (nSPS) is 18.3. The van der Waals surface area contributed by atoms with Crippen molar-refractivity contribution in [3.63, 3.8) is 0 Å². The Bertz CT molecular complexity index is 1660. The maximum absolute atomic E-state index is 6.45. The zero-order valence-corrected chi connectivity index (χ0v) is 25.7. The van der Waals surface area contributed by atoms with Gasteiger partial charge in [-0.15, -0.1) is 11.8 Å². The number of rotatable bonds is 6. The number of fused-ring (bicyclic) bond motifs is 2. The molecule has 0 fully saturated rings. The second-order valence-electron chi connectivity index (χ2n) is 11.4. The maximum atomic E-state index is 6.45. The lowest BCUT2D eigenvalue weighted by Gasteiger charge is -2.30. The lowest BCUT2D eigenvalue weighted by atomic mass is 9.75. The Morgan fingerprint density at radius 2 is 1.80 bits per heavy atom. The summed E-state index contributed by atoms with van der Waals surface area (Å²) >= 11 is 3.69. The number of hydrogen-bond acceptors (Lipinski definition) is 4. The van der Waals surface area contributed by atoms with Crippen LogP contribution < -0.4 is 14.2 Å². The molecule has 0 bridgehead atoms. The average Bonchev–Trinajstić information content (AvgIpc) is 3.47. The van der Waals surface area contributed by atoms with Crippen LogP contribution in [-0.2, 0) is 6.54 Å². The molecule has 1 aliphatic carbocycles. The van der Waals surface area contributed by atoms with E-state index in [0.717, 1.165) is 43.3 Å². The second kappa shape index (κ2) is 10.9. The number of aryl methyl sites for hydroxylation is 1. The van der Waals surface area contributed by atoms with E-state index in [1.807, 2.05) is 11.3 Å². The van der Waals surface area contributed by atoms with Gasteiger partial charge in [-0.1, -0.05) is 67.7 Å². The van der Waals surface area contributed by atoms with E-state index < -0.39 is 0 Å². The minimum atomic E-state index is 0.176. The summed E-state index contributed by atoms with van der Waals surface area (Å²) in [7, 11) is 0. The zero-order chi connectivity index (χ0) is 27.9. The van der Waals surface area contributed by atoms with Crippen molar-refractivity contribution in [3.05, 3.63) is 101 Å². The van der Waals surface area contributed by atoms with Gasteiger partial charge in [-0.2, -0.15) is 4.57 Å². The van der Waals surface area contributed by atoms with Crippen molar-refractivity contribution < 1.29 is 9.30 Å². The van der Waals surface area contributed by atoms with Gasteiger partial charge in [0.25, 0.3) is 5.01 Å². The van der Waals surface area contributed by atoms with Crippen molar-refractivity contribution in [1.29, 1.82) is 0 Å². The Labute approximate surface area is 246 Å². The molecular weight excluding hydrogens is 529 g/mol. The standard InChI is InChI=1S/C35H37N2OS2/c1-6-36-29-20-27(26-11-9-8-10-12-26)13-15-31(29)38-33(36)18-24-17-25(23-35(3,4)22-24)19-34-37(7-2)30-21-28(39-5)14-16-32(30)40-34/h8-21H,6-7,22-23H2,1-5H3/q+1. The van der Waals surface area contributed by atoms with Crippen LogP contribution in [0.1, 0.15) is 45.5 Å². The fourth-order valence-corrected chi connectivity index (χ4v) is 7.61. The van der Waals surface area contributed by atoms with Gasteiger partial charge in [0.1, 0.15) is 11.2 Å². The van der Waals surface area contributed by atoms with E-state index in [-0.39, 0.29) is 5.41 Å². The fourth-order valence-electron chi connectivity index (χ4n) is 6.00. The molecule has 4 aromatic rings. The van der Waals surface area contributed by atoms with Gasteiger partial charge in [0, 0.05) is 29.7 Å². The highest BCUT2D eigenvalue weighted by Crippen LogP contribution is 2.44. The van der Waals surface area contributed by atoms with Crippen molar-refractivity contribution in [1.82, 2.24) is 0 Å². The molecule has 0 saturated carbocycles. The van der Waals surface area contributed by atoms with Crippen molar-refractivity contribution in [3.8, 4) is 16.9 Å². The first kappa shape index (κ1) is 26.9. The van der Waals surface area contributed by atoms with Crippen LogP contribution in [0.3, 0.4) is 0 Å². The minimum Gasteiger partial charge on any atom is -0.439 e. The smallest absolute Gasteiger partial charge is 0.263 e. The second-order valence-corrected chi connectivity index (χ2v) is 13.3. The Morgan fingerprint density at radius 1 is 0.975 bits per heavy atom. The molecule has 2 heterocycles. The van der Waals surface area contributed by atoms with Crippen molar-refractivity contribution in [2.24, 2.45) is 5.41 Å². The SMILES string of the molecule is CCN1C(=CC2=CC(=Cc3sc4ccc(SC)cc4[n+]3CC)CC(C)(C)C2)Oc2ccc(-c3ccccc3)cc21. The lowest BCUT2D eigenvalue weighted by Crippen LogP contribution is -2.33. The molecule has 0 radical (unpaired) electrons. The van der Waals surface area contributed by atoms with Crippen LogP contribution in [0.25, 0.3) is 27.4 Å². The molecule has 6 rings (SSSR count). The third kappa shape index (κ3) is 5.25. The topological polar surface area (TPSA) is 16.4 Å². The van der Waals surface area contributed by atoms with E-state index in [0.29, 0.717) is 0 Å². The van der Waals surface area contributed by atoms with E-state index in [4.69, 9.17) is 4.74 Å². The molecule has 0 saturated heterocycles. The average molecular weight is 566 g/mol. The monoisotopic (exact) mass is 565 g/mol. The zero-order valence-electron chi connectivity index (χ0n) is 24.0. The first-order valence-electron chi connectivity index (χ1n) is 14.2. The van der Waals surface area contributed by atoms with Gasteiger partial charge in [0.05, 0.1) is 5.69 Å². The number of thioether (sulfide) groups is 1. The van der Waals surface area contributed by atoms with Crippen LogP contribution in [0.15, 0.2) is 101 Å². The van der Waals surface area contributed by atoms with E-state index in [1.54, 1.807) is 11.8 Å². The Hall–Kier alpha value is -3.28. The number of ether oxygens (including phenoxy) is 1. The van der Waals surface area contributed by atoms with Crippen LogP contribution in [0.5, 0.6) is 5.75 Å². The predicted octanol–water partition coefficient (Wildman–Crippen LogP) is 9.49.